The average molecular weight is 341 g/mol. The molecule has 0 amide bonds. The largest absolute Gasteiger partial charge is 0.0835 e. The Balaban J connectivity index is 1.66. The Kier molecular flexibility index (Phi) is 3.22. The van der Waals surface area contributed by atoms with Gasteiger partial charge in [0.25, 0.3) is 0 Å². The van der Waals surface area contributed by atoms with E-state index in [-0.39, 0.29) is 0 Å². The van der Waals surface area contributed by atoms with E-state index in [0.717, 1.165) is 17.8 Å². The fraction of sp³-hybridized carbons (Fsp3) is 0.400. The Labute approximate surface area is 135 Å². The van der Waals surface area contributed by atoms with Gasteiger partial charge in [-0.05, 0) is 66.7 Å². The third kappa shape index (κ3) is 2.17. The highest BCUT2D eigenvalue weighted by molar-refractivity contribution is 9.09. The van der Waals surface area contributed by atoms with E-state index in [2.05, 4.69) is 72.2 Å². The minimum atomic E-state index is 0.499. The van der Waals surface area contributed by atoms with E-state index >= 15 is 0 Å². The van der Waals surface area contributed by atoms with Crippen molar-refractivity contribution < 1.29 is 0 Å². The molecular weight excluding hydrogens is 320 g/mol. The molecule has 21 heavy (non-hydrogen) atoms. The molecule has 0 N–H and O–H groups in total. The molecule has 2 aromatic rings. The first-order valence-electron chi connectivity index (χ1n) is 7.96. The SMILES string of the molecule is Cc1ccc(C)c(C(Br)C2C3CCc4ccccc4C32)c1. The smallest absolute Gasteiger partial charge is 0.0435 e. The molecule has 108 valence electrons. The van der Waals surface area contributed by atoms with Gasteiger partial charge in [0.15, 0.2) is 0 Å². The lowest BCUT2D eigenvalue weighted by molar-refractivity contribution is 0.627. The second-order valence-corrected chi connectivity index (χ2v) is 7.75. The number of hydrogen-bond acceptors (Lipinski definition) is 0. The van der Waals surface area contributed by atoms with Crippen molar-refractivity contribution in [3.05, 3.63) is 70.3 Å². The topological polar surface area (TPSA) is 0 Å². The van der Waals surface area contributed by atoms with E-state index in [4.69, 9.17) is 0 Å². The predicted octanol–water partition coefficient (Wildman–Crippen LogP) is 5.72. The van der Waals surface area contributed by atoms with Gasteiger partial charge in [0.1, 0.15) is 0 Å². The van der Waals surface area contributed by atoms with Crippen LogP contribution >= 0.6 is 15.9 Å². The van der Waals surface area contributed by atoms with Crippen molar-refractivity contribution in [2.45, 2.75) is 37.4 Å². The molecule has 0 aliphatic heterocycles. The van der Waals surface area contributed by atoms with Crippen molar-refractivity contribution in [3.8, 4) is 0 Å². The van der Waals surface area contributed by atoms with Gasteiger partial charge in [0.2, 0.25) is 0 Å². The maximum absolute atomic E-state index is 4.04. The van der Waals surface area contributed by atoms with Crippen LogP contribution < -0.4 is 0 Å². The van der Waals surface area contributed by atoms with Crippen molar-refractivity contribution in [1.82, 2.24) is 0 Å². The lowest BCUT2D eigenvalue weighted by Gasteiger charge is -2.15. The predicted molar refractivity (Wildman–Crippen MR) is 92.1 cm³/mol. The molecule has 1 fully saturated rings. The molecule has 4 unspecified atom stereocenters. The highest BCUT2D eigenvalue weighted by atomic mass is 79.9. The number of hydrogen-bond donors (Lipinski definition) is 0. The first-order chi connectivity index (χ1) is 10.2. The van der Waals surface area contributed by atoms with E-state index < -0.39 is 0 Å². The van der Waals surface area contributed by atoms with Crippen LogP contribution in [0.15, 0.2) is 42.5 Å². The maximum Gasteiger partial charge on any atom is 0.0435 e. The van der Waals surface area contributed by atoms with E-state index in [1.807, 2.05) is 0 Å². The maximum atomic E-state index is 4.04. The summed E-state index contributed by atoms with van der Waals surface area (Å²) in [5.41, 5.74) is 7.48. The van der Waals surface area contributed by atoms with E-state index in [0.29, 0.717) is 4.83 Å². The van der Waals surface area contributed by atoms with Crippen LogP contribution in [0.25, 0.3) is 0 Å². The van der Waals surface area contributed by atoms with E-state index in [9.17, 15) is 0 Å². The zero-order valence-electron chi connectivity index (χ0n) is 12.6. The van der Waals surface area contributed by atoms with Crippen LogP contribution in [-0.4, -0.2) is 0 Å². The Morgan fingerprint density at radius 3 is 2.76 bits per heavy atom. The molecule has 2 aliphatic rings. The van der Waals surface area contributed by atoms with Crippen LogP contribution in [0, 0.1) is 25.7 Å². The standard InChI is InChI=1S/C20H21Br/c1-12-7-8-13(2)17(11-12)20(21)19-16-10-9-14-5-3-4-6-15(14)18(16)19/h3-8,11,16,18-20H,9-10H2,1-2H3. The lowest BCUT2D eigenvalue weighted by Crippen LogP contribution is -2.00. The third-order valence-electron chi connectivity index (χ3n) is 5.46. The Hall–Kier alpha value is -1.08. The number of aryl methyl sites for hydroxylation is 3. The van der Waals surface area contributed by atoms with Gasteiger partial charge in [-0.25, -0.2) is 0 Å². The van der Waals surface area contributed by atoms with Gasteiger partial charge in [0.05, 0.1) is 0 Å². The van der Waals surface area contributed by atoms with Crippen molar-refractivity contribution in [2.24, 2.45) is 11.8 Å². The summed E-state index contributed by atoms with van der Waals surface area (Å²) in [6.07, 6.45) is 2.62. The summed E-state index contributed by atoms with van der Waals surface area (Å²) >= 11 is 4.04. The Morgan fingerprint density at radius 2 is 1.90 bits per heavy atom. The first-order valence-corrected chi connectivity index (χ1v) is 8.87. The van der Waals surface area contributed by atoms with Crippen LogP contribution in [0.4, 0.5) is 0 Å². The summed E-state index contributed by atoms with van der Waals surface area (Å²) in [5, 5.41) is 0. The number of rotatable bonds is 2. The molecule has 4 rings (SSSR count). The molecule has 1 saturated carbocycles. The molecule has 4 atom stereocenters. The Morgan fingerprint density at radius 1 is 1.10 bits per heavy atom. The van der Waals surface area contributed by atoms with Gasteiger partial charge >= 0.3 is 0 Å². The third-order valence-corrected chi connectivity index (χ3v) is 6.56. The second-order valence-electron chi connectivity index (χ2n) is 6.77. The molecule has 0 nitrogen and oxygen atoms in total. The second kappa shape index (κ2) is 4.98. The van der Waals surface area contributed by atoms with Gasteiger partial charge < -0.3 is 0 Å². The van der Waals surface area contributed by atoms with Gasteiger partial charge in [0, 0.05) is 4.83 Å². The number of benzene rings is 2. The van der Waals surface area contributed by atoms with Gasteiger partial charge in [-0.3, -0.25) is 0 Å². The van der Waals surface area contributed by atoms with Gasteiger partial charge in [-0.15, -0.1) is 0 Å². The van der Waals surface area contributed by atoms with Crippen LogP contribution in [-0.2, 0) is 6.42 Å². The first kappa shape index (κ1) is 13.6. The zero-order valence-corrected chi connectivity index (χ0v) is 14.2. The molecule has 0 heterocycles. The van der Waals surface area contributed by atoms with Crippen molar-refractivity contribution in [3.63, 3.8) is 0 Å². The lowest BCUT2D eigenvalue weighted by atomic mass is 9.92. The molecule has 2 aliphatic carbocycles. The highest BCUT2D eigenvalue weighted by Gasteiger charge is 2.56. The van der Waals surface area contributed by atoms with Gasteiger partial charge in [-0.1, -0.05) is 64.0 Å². The summed E-state index contributed by atoms with van der Waals surface area (Å²) < 4.78 is 0. The highest BCUT2D eigenvalue weighted by Crippen LogP contribution is 2.66. The summed E-state index contributed by atoms with van der Waals surface area (Å²) in [7, 11) is 0. The van der Waals surface area contributed by atoms with Crippen molar-refractivity contribution in [1.29, 1.82) is 0 Å². The molecule has 0 saturated heterocycles. The minimum absolute atomic E-state index is 0.499. The fourth-order valence-electron chi connectivity index (χ4n) is 4.28. The van der Waals surface area contributed by atoms with Gasteiger partial charge in [-0.2, -0.15) is 0 Å². The summed E-state index contributed by atoms with van der Waals surface area (Å²) in [6, 6.07) is 15.9. The molecule has 0 spiro atoms. The summed E-state index contributed by atoms with van der Waals surface area (Å²) in [6.45, 7) is 4.43. The molecular formula is C20H21Br. The van der Waals surface area contributed by atoms with E-state index in [1.54, 1.807) is 11.1 Å². The minimum Gasteiger partial charge on any atom is -0.0835 e. The molecule has 0 aromatic heterocycles. The van der Waals surface area contributed by atoms with Crippen LogP contribution in [0.3, 0.4) is 0 Å². The zero-order chi connectivity index (χ0) is 14.6. The van der Waals surface area contributed by atoms with Crippen molar-refractivity contribution in [2.75, 3.05) is 0 Å². The summed E-state index contributed by atoms with van der Waals surface area (Å²) in [5.74, 6) is 2.43. The Bertz CT molecular complexity index is 688. The quantitative estimate of drug-likeness (QED) is 0.613. The average Bonchev–Trinajstić information content (AvgIpc) is 3.24. The normalized spacial score (nSPS) is 27.7. The number of alkyl halides is 1. The molecule has 2 aromatic carbocycles. The molecule has 0 radical (unpaired) electrons. The van der Waals surface area contributed by atoms with E-state index in [1.165, 1.54) is 29.5 Å². The summed E-state index contributed by atoms with van der Waals surface area (Å²) in [4.78, 5) is 0.499. The fourth-order valence-corrected chi connectivity index (χ4v) is 5.50. The van der Waals surface area contributed by atoms with Crippen molar-refractivity contribution >= 4 is 15.9 Å². The van der Waals surface area contributed by atoms with Crippen LogP contribution in [0.1, 0.15) is 45.0 Å². The molecule has 1 heteroatoms. The monoisotopic (exact) mass is 340 g/mol. The number of halogens is 1. The molecule has 0 bridgehead atoms. The van der Waals surface area contributed by atoms with Crippen LogP contribution in [0.5, 0.6) is 0 Å². The van der Waals surface area contributed by atoms with Crippen LogP contribution in [0.2, 0.25) is 0 Å². The number of fused-ring (bicyclic) bond motifs is 3.